The van der Waals surface area contributed by atoms with Crippen LogP contribution in [-0.2, 0) is 9.84 Å². The number of hydrogen-bond donors (Lipinski definition) is 0. The molecule has 0 fully saturated rings. The van der Waals surface area contributed by atoms with Crippen molar-refractivity contribution in [3.05, 3.63) is 84.2 Å². The minimum atomic E-state index is -3.54. The monoisotopic (exact) mass is 477 g/mol. The van der Waals surface area contributed by atoms with Gasteiger partial charge in [0.25, 0.3) is 0 Å². The van der Waals surface area contributed by atoms with E-state index in [-0.39, 0.29) is 4.90 Å². The highest BCUT2D eigenvalue weighted by atomic mass is 32.2. The van der Waals surface area contributed by atoms with E-state index in [1.54, 1.807) is 30.3 Å². The van der Waals surface area contributed by atoms with Gasteiger partial charge in [-0.3, -0.25) is 0 Å². The zero-order valence-electron chi connectivity index (χ0n) is 16.0. The number of sulfone groups is 1. The molecule has 0 radical (unpaired) electrons. The fourth-order valence-electron chi connectivity index (χ4n) is 3.00. The third kappa shape index (κ3) is 4.84. The minimum absolute atomic E-state index is 0.135. The number of benzene rings is 3. The first-order valence-electron chi connectivity index (χ1n) is 8.91. The number of thiazole rings is 1. The van der Waals surface area contributed by atoms with Crippen molar-refractivity contribution in [3.8, 4) is 21.7 Å². The Labute approximate surface area is 185 Å². The van der Waals surface area contributed by atoms with Crippen LogP contribution in [0, 0.1) is 17.5 Å². The molecule has 0 aliphatic heterocycles. The Morgan fingerprint density at radius 2 is 1.52 bits per heavy atom. The molecular weight excluding hydrogens is 463 g/mol. The number of rotatable bonds is 5. The highest BCUT2D eigenvalue weighted by molar-refractivity contribution is 8.01. The maximum atomic E-state index is 13.6. The first-order chi connectivity index (χ1) is 14.7. The molecule has 0 aliphatic rings. The lowest BCUT2D eigenvalue weighted by atomic mass is 10.1. The molecule has 0 saturated heterocycles. The summed E-state index contributed by atoms with van der Waals surface area (Å²) in [6.45, 7) is 0. The van der Waals surface area contributed by atoms with E-state index in [1.165, 1.54) is 41.7 Å². The van der Waals surface area contributed by atoms with Gasteiger partial charge in [0.15, 0.2) is 14.2 Å². The molecule has 0 atom stereocenters. The second-order valence-electron chi connectivity index (χ2n) is 6.64. The maximum absolute atomic E-state index is 13.6. The molecule has 0 saturated carbocycles. The molecule has 0 spiro atoms. The van der Waals surface area contributed by atoms with Crippen LogP contribution in [0.25, 0.3) is 21.7 Å². The SMILES string of the molecule is CS(=O)(=O)c1ccccc1-c1sc(Sc2cc(F)cc(F)c2)nc1-c1ccc(F)cc1. The average Bonchev–Trinajstić information content (AvgIpc) is 3.10. The summed E-state index contributed by atoms with van der Waals surface area (Å²) in [5.74, 6) is -1.83. The summed E-state index contributed by atoms with van der Waals surface area (Å²) in [4.78, 5) is 5.60. The topological polar surface area (TPSA) is 47.0 Å². The van der Waals surface area contributed by atoms with E-state index in [1.807, 2.05) is 0 Å². The summed E-state index contributed by atoms with van der Waals surface area (Å²) in [5.41, 5.74) is 1.51. The molecule has 0 unspecified atom stereocenters. The van der Waals surface area contributed by atoms with Gasteiger partial charge in [0, 0.05) is 28.3 Å². The maximum Gasteiger partial charge on any atom is 0.176 e. The van der Waals surface area contributed by atoms with E-state index in [4.69, 9.17) is 0 Å². The molecule has 1 aromatic heterocycles. The Kier molecular flexibility index (Phi) is 5.92. The number of nitrogens with zero attached hydrogens (tertiary/aromatic N) is 1. The van der Waals surface area contributed by atoms with E-state index in [2.05, 4.69) is 4.98 Å². The van der Waals surface area contributed by atoms with Gasteiger partial charge >= 0.3 is 0 Å². The molecule has 31 heavy (non-hydrogen) atoms. The lowest BCUT2D eigenvalue weighted by Crippen LogP contribution is -1.99. The summed E-state index contributed by atoms with van der Waals surface area (Å²) < 4.78 is 65.8. The van der Waals surface area contributed by atoms with Crippen LogP contribution in [-0.4, -0.2) is 19.7 Å². The summed E-state index contributed by atoms with van der Waals surface area (Å²) in [7, 11) is -3.54. The zero-order chi connectivity index (χ0) is 22.2. The van der Waals surface area contributed by atoms with Crippen molar-refractivity contribution in [2.45, 2.75) is 14.1 Å². The standard InChI is InChI=1S/C22H14F3NO2S3/c1-31(27,28)19-5-3-2-4-18(19)21-20(13-6-8-14(23)9-7-13)26-22(30-21)29-17-11-15(24)10-16(25)12-17/h2-12H,1H3. The Balaban J connectivity index is 1.89. The Morgan fingerprint density at radius 3 is 2.16 bits per heavy atom. The Hall–Kier alpha value is -2.62. The molecule has 0 amide bonds. The van der Waals surface area contributed by atoms with Gasteiger partial charge in [-0.15, -0.1) is 11.3 Å². The van der Waals surface area contributed by atoms with Crippen LogP contribution in [0.5, 0.6) is 0 Å². The summed E-state index contributed by atoms with van der Waals surface area (Å²) in [6.07, 6.45) is 1.12. The van der Waals surface area contributed by atoms with Crippen LogP contribution in [0.2, 0.25) is 0 Å². The second-order valence-corrected chi connectivity index (χ2v) is 10.9. The average molecular weight is 478 g/mol. The van der Waals surface area contributed by atoms with Gasteiger partial charge in [-0.1, -0.05) is 30.0 Å². The first-order valence-corrected chi connectivity index (χ1v) is 12.4. The van der Waals surface area contributed by atoms with Crippen molar-refractivity contribution in [1.82, 2.24) is 4.98 Å². The van der Waals surface area contributed by atoms with Crippen molar-refractivity contribution >= 4 is 32.9 Å². The number of halogens is 3. The smallest absolute Gasteiger partial charge is 0.176 e. The quantitative estimate of drug-likeness (QED) is 0.331. The van der Waals surface area contributed by atoms with Crippen LogP contribution < -0.4 is 0 Å². The molecule has 3 nitrogen and oxygen atoms in total. The second kappa shape index (κ2) is 8.49. The highest BCUT2D eigenvalue weighted by Gasteiger charge is 2.22. The normalized spacial score (nSPS) is 11.6. The van der Waals surface area contributed by atoms with Crippen LogP contribution in [0.15, 0.2) is 80.9 Å². The molecule has 0 bridgehead atoms. The minimum Gasteiger partial charge on any atom is -0.229 e. The summed E-state index contributed by atoms with van der Waals surface area (Å²) in [6, 6.07) is 15.4. The predicted octanol–water partition coefficient (Wildman–Crippen LogP) is 6.45. The first kappa shape index (κ1) is 21.6. The largest absolute Gasteiger partial charge is 0.229 e. The van der Waals surface area contributed by atoms with Crippen molar-refractivity contribution in [2.24, 2.45) is 0 Å². The third-order valence-electron chi connectivity index (χ3n) is 4.30. The van der Waals surface area contributed by atoms with Crippen molar-refractivity contribution < 1.29 is 21.6 Å². The molecule has 0 aliphatic carbocycles. The molecule has 0 N–H and O–H groups in total. The molecule has 9 heteroatoms. The van der Waals surface area contributed by atoms with E-state index < -0.39 is 27.3 Å². The number of hydrogen-bond acceptors (Lipinski definition) is 5. The van der Waals surface area contributed by atoms with E-state index >= 15 is 0 Å². The molecule has 158 valence electrons. The van der Waals surface area contributed by atoms with Crippen molar-refractivity contribution in [1.29, 1.82) is 0 Å². The van der Waals surface area contributed by atoms with Gasteiger partial charge in [-0.2, -0.15) is 0 Å². The van der Waals surface area contributed by atoms with Crippen molar-refractivity contribution in [2.75, 3.05) is 6.26 Å². The summed E-state index contributed by atoms with van der Waals surface area (Å²) in [5, 5.41) is 0. The fraction of sp³-hybridized carbons (Fsp3) is 0.0455. The highest BCUT2D eigenvalue weighted by Crippen LogP contribution is 2.44. The van der Waals surface area contributed by atoms with Gasteiger partial charge in [-0.05, 0) is 42.5 Å². The Bertz CT molecular complexity index is 1350. The van der Waals surface area contributed by atoms with Crippen LogP contribution >= 0.6 is 23.1 Å². The van der Waals surface area contributed by atoms with E-state index in [9.17, 15) is 21.6 Å². The van der Waals surface area contributed by atoms with Gasteiger partial charge in [0.2, 0.25) is 0 Å². The predicted molar refractivity (Wildman–Crippen MR) is 117 cm³/mol. The van der Waals surface area contributed by atoms with Gasteiger partial charge in [-0.25, -0.2) is 26.6 Å². The lowest BCUT2D eigenvalue weighted by Gasteiger charge is -2.08. The van der Waals surface area contributed by atoms with Gasteiger partial charge < -0.3 is 0 Å². The third-order valence-corrected chi connectivity index (χ3v) is 7.57. The van der Waals surface area contributed by atoms with Gasteiger partial charge in [0.1, 0.15) is 17.5 Å². The molecule has 1 heterocycles. The van der Waals surface area contributed by atoms with E-state index in [0.717, 1.165) is 24.1 Å². The number of aromatic nitrogens is 1. The molecule has 3 aromatic carbocycles. The summed E-state index contributed by atoms with van der Waals surface area (Å²) >= 11 is 2.26. The van der Waals surface area contributed by atoms with Crippen LogP contribution in [0.4, 0.5) is 13.2 Å². The zero-order valence-corrected chi connectivity index (χ0v) is 18.4. The van der Waals surface area contributed by atoms with Crippen LogP contribution in [0.3, 0.4) is 0 Å². The molecule has 4 rings (SSSR count). The van der Waals surface area contributed by atoms with Gasteiger partial charge in [0.05, 0.1) is 15.5 Å². The molecule has 4 aromatic rings. The lowest BCUT2D eigenvalue weighted by molar-refractivity contribution is 0.577. The van der Waals surface area contributed by atoms with E-state index in [0.29, 0.717) is 30.9 Å². The fourth-order valence-corrected chi connectivity index (χ4v) is 6.20. The van der Waals surface area contributed by atoms with Crippen molar-refractivity contribution in [3.63, 3.8) is 0 Å². The molecular formula is C22H14F3NO2S3. The Morgan fingerprint density at radius 1 is 0.871 bits per heavy atom. The van der Waals surface area contributed by atoms with Crippen LogP contribution in [0.1, 0.15) is 0 Å².